The zero-order valence-corrected chi connectivity index (χ0v) is 22.1. The van der Waals surface area contributed by atoms with Crippen molar-refractivity contribution in [3.8, 4) is 16.9 Å². The lowest BCUT2D eigenvalue weighted by Gasteiger charge is -2.29. The van der Waals surface area contributed by atoms with Crippen molar-refractivity contribution < 1.29 is 28.2 Å². The molecule has 1 fully saturated rings. The SMILES string of the molecule is COCOc1ccc(F)cc1C(C(=O)O)n1cnc2ccc(-c3ccc(C4CCN(C)CC4)cc3)c(F)c2c1=O. The van der Waals surface area contributed by atoms with E-state index in [1.165, 1.54) is 24.8 Å². The van der Waals surface area contributed by atoms with Crippen LogP contribution in [0.15, 0.2) is 65.7 Å². The normalized spacial score (nSPS) is 15.3. The standard InChI is InChI=1S/C30H29F2N3O5/c1-34-13-11-19(12-14-34)18-3-5-20(6-4-18)22-8-9-24-26(27(22)32)29(36)35(16-33-24)28(30(37)38)23-15-21(31)7-10-25(23)40-17-39-2/h3-10,15-16,19,28H,11-14,17H2,1-2H3,(H,37,38). The van der Waals surface area contributed by atoms with Crippen LogP contribution in [0.3, 0.4) is 0 Å². The van der Waals surface area contributed by atoms with Crippen molar-refractivity contribution in [2.45, 2.75) is 24.8 Å². The zero-order valence-electron chi connectivity index (χ0n) is 22.1. The van der Waals surface area contributed by atoms with Gasteiger partial charge in [0.2, 0.25) is 0 Å². The van der Waals surface area contributed by atoms with Crippen LogP contribution in [0.25, 0.3) is 22.0 Å². The summed E-state index contributed by atoms with van der Waals surface area (Å²) in [5, 5.41) is 9.71. The van der Waals surface area contributed by atoms with Crippen LogP contribution in [0.2, 0.25) is 0 Å². The molecule has 0 radical (unpaired) electrons. The highest BCUT2D eigenvalue weighted by Crippen LogP contribution is 2.33. The Hall–Kier alpha value is -4.15. The third-order valence-electron chi connectivity index (χ3n) is 7.41. The smallest absolute Gasteiger partial charge is 0.331 e. The molecule has 2 heterocycles. The molecule has 1 N–H and O–H groups in total. The van der Waals surface area contributed by atoms with E-state index in [1.54, 1.807) is 6.07 Å². The molecule has 0 spiro atoms. The molecule has 0 aliphatic carbocycles. The van der Waals surface area contributed by atoms with Crippen LogP contribution < -0.4 is 10.3 Å². The van der Waals surface area contributed by atoms with Crippen LogP contribution in [-0.4, -0.2) is 59.6 Å². The molecule has 10 heteroatoms. The van der Waals surface area contributed by atoms with Crippen LogP contribution in [0.4, 0.5) is 8.78 Å². The summed E-state index contributed by atoms with van der Waals surface area (Å²) in [6.45, 7) is 1.82. The van der Waals surface area contributed by atoms with E-state index < -0.39 is 29.2 Å². The lowest BCUT2D eigenvalue weighted by molar-refractivity contribution is -0.139. The van der Waals surface area contributed by atoms with Gasteiger partial charge in [0.05, 0.1) is 11.8 Å². The average Bonchev–Trinajstić information content (AvgIpc) is 2.94. The Labute approximate surface area is 229 Å². The Morgan fingerprint density at radius 2 is 1.82 bits per heavy atom. The molecule has 4 aromatic rings. The molecule has 8 nitrogen and oxygen atoms in total. The summed E-state index contributed by atoms with van der Waals surface area (Å²) in [7, 11) is 3.48. The van der Waals surface area contributed by atoms with Crippen molar-refractivity contribution >= 4 is 16.9 Å². The number of hydrogen-bond donors (Lipinski definition) is 1. The maximum absolute atomic E-state index is 16.0. The Kier molecular flexibility index (Phi) is 7.90. The molecular weight excluding hydrogens is 520 g/mol. The van der Waals surface area contributed by atoms with Crippen LogP contribution >= 0.6 is 0 Å². The molecule has 0 amide bonds. The van der Waals surface area contributed by atoms with Crippen molar-refractivity contribution in [3.05, 3.63) is 94.0 Å². The Morgan fingerprint density at radius 1 is 1.10 bits per heavy atom. The van der Waals surface area contributed by atoms with E-state index in [1.807, 2.05) is 24.3 Å². The number of hydrogen-bond acceptors (Lipinski definition) is 6. The molecule has 3 aromatic carbocycles. The first-order chi connectivity index (χ1) is 19.3. The number of aromatic nitrogens is 2. The number of likely N-dealkylation sites (tertiary alicyclic amines) is 1. The van der Waals surface area contributed by atoms with Crippen molar-refractivity contribution in [3.63, 3.8) is 0 Å². The minimum atomic E-state index is -1.73. The van der Waals surface area contributed by atoms with E-state index >= 15 is 4.39 Å². The van der Waals surface area contributed by atoms with Crippen molar-refractivity contribution in [1.29, 1.82) is 0 Å². The first-order valence-corrected chi connectivity index (χ1v) is 12.9. The second kappa shape index (κ2) is 11.5. The fraction of sp³-hybridized carbons (Fsp3) is 0.300. The number of halogens is 2. The summed E-state index contributed by atoms with van der Waals surface area (Å²) < 4.78 is 41.2. The summed E-state index contributed by atoms with van der Waals surface area (Å²) in [6.07, 6.45) is 3.13. The number of rotatable bonds is 8. The van der Waals surface area contributed by atoms with Gasteiger partial charge in [0.15, 0.2) is 12.8 Å². The third kappa shape index (κ3) is 5.32. The molecule has 0 bridgehead atoms. The number of benzene rings is 3. The number of methoxy groups -OCH3 is 1. The molecular formula is C30H29F2N3O5. The van der Waals surface area contributed by atoms with Crippen molar-refractivity contribution in [2.24, 2.45) is 0 Å². The molecule has 1 aliphatic heterocycles. The Balaban J connectivity index is 1.56. The first-order valence-electron chi connectivity index (χ1n) is 12.9. The lowest BCUT2D eigenvalue weighted by atomic mass is 9.88. The van der Waals surface area contributed by atoms with Gasteiger partial charge in [-0.1, -0.05) is 24.3 Å². The van der Waals surface area contributed by atoms with Gasteiger partial charge in [-0.15, -0.1) is 0 Å². The van der Waals surface area contributed by atoms with Crippen LogP contribution in [0, 0.1) is 11.6 Å². The number of ether oxygens (including phenoxy) is 2. The molecule has 40 heavy (non-hydrogen) atoms. The van der Waals surface area contributed by atoms with E-state index in [-0.39, 0.29) is 34.6 Å². The molecule has 5 rings (SSSR count). The number of carboxylic acids is 1. The summed E-state index contributed by atoms with van der Waals surface area (Å²) in [6, 6.07) is 12.3. The first kappa shape index (κ1) is 27.4. The second-order valence-electron chi connectivity index (χ2n) is 9.95. The van der Waals surface area contributed by atoms with Crippen LogP contribution in [0.1, 0.15) is 35.9 Å². The summed E-state index contributed by atoms with van der Waals surface area (Å²) in [5.74, 6) is -2.57. The number of fused-ring (bicyclic) bond motifs is 1. The molecule has 1 unspecified atom stereocenters. The summed E-state index contributed by atoms with van der Waals surface area (Å²) >= 11 is 0. The fourth-order valence-electron chi connectivity index (χ4n) is 5.26. The van der Waals surface area contributed by atoms with Gasteiger partial charge in [0.25, 0.3) is 5.56 Å². The van der Waals surface area contributed by atoms with Gasteiger partial charge in [0, 0.05) is 18.2 Å². The monoisotopic (exact) mass is 549 g/mol. The van der Waals surface area contributed by atoms with Crippen LogP contribution in [0.5, 0.6) is 5.75 Å². The van der Waals surface area contributed by atoms with E-state index in [9.17, 15) is 19.1 Å². The Morgan fingerprint density at radius 3 is 2.50 bits per heavy atom. The van der Waals surface area contributed by atoms with E-state index in [2.05, 4.69) is 16.9 Å². The third-order valence-corrected chi connectivity index (χ3v) is 7.41. The highest BCUT2D eigenvalue weighted by molar-refractivity contribution is 5.85. The largest absolute Gasteiger partial charge is 0.479 e. The highest BCUT2D eigenvalue weighted by atomic mass is 19.1. The Bertz CT molecular complexity index is 1600. The topological polar surface area (TPSA) is 93.9 Å². The minimum absolute atomic E-state index is 0.00145. The van der Waals surface area contributed by atoms with E-state index in [4.69, 9.17) is 9.47 Å². The predicted octanol–water partition coefficient (Wildman–Crippen LogP) is 4.81. The van der Waals surface area contributed by atoms with Gasteiger partial charge in [-0.2, -0.15) is 0 Å². The average molecular weight is 550 g/mol. The van der Waals surface area contributed by atoms with Gasteiger partial charge in [-0.3, -0.25) is 9.36 Å². The number of aliphatic carboxylic acids is 1. The van der Waals surface area contributed by atoms with Gasteiger partial charge < -0.3 is 19.5 Å². The predicted molar refractivity (Wildman–Crippen MR) is 146 cm³/mol. The van der Waals surface area contributed by atoms with Gasteiger partial charge in [0.1, 0.15) is 22.8 Å². The number of carbonyl (C=O) groups is 1. The van der Waals surface area contributed by atoms with Crippen LogP contribution in [-0.2, 0) is 9.53 Å². The maximum Gasteiger partial charge on any atom is 0.331 e. The number of carboxylic acid groups (broad SMARTS) is 1. The fourth-order valence-corrected chi connectivity index (χ4v) is 5.26. The van der Waals surface area contributed by atoms with E-state index in [0.29, 0.717) is 11.5 Å². The van der Waals surface area contributed by atoms with Gasteiger partial charge in [-0.05, 0) is 80.4 Å². The molecule has 1 atom stereocenters. The zero-order chi connectivity index (χ0) is 28.4. The molecule has 208 valence electrons. The van der Waals surface area contributed by atoms with E-state index in [0.717, 1.165) is 49.0 Å². The molecule has 0 saturated carbocycles. The van der Waals surface area contributed by atoms with Gasteiger partial charge in [-0.25, -0.2) is 18.6 Å². The summed E-state index contributed by atoms with van der Waals surface area (Å²) in [4.78, 5) is 32.4. The number of nitrogens with zero attached hydrogens (tertiary/aromatic N) is 3. The highest BCUT2D eigenvalue weighted by Gasteiger charge is 2.29. The van der Waals surface area contributed by atoms with Crippen molar-refractivity contribution in [2.75, 3.05) is 34.0 Å². The quantitative estimate of drug-likeness (QED) is 0.316. The lowest BCUT2D eigenvalue weighted by Crippen LogP contribution is -2.32. The molecule has 1 saturated heterocycles. The maximum atomic E-state index is 16.0. The van der Waals surface area contributed by atoms with Crippen molar-refractivity contribution in [1.82, 2.24) is 14.5 Å². The summed E-state index contributed by atoms with van der Waals surface area (Å²) in [5.41, 5.74) is 0.982. The minimum Gasteiger partial charge on any atom is -0.479 e. The van der Waals surface area contributed by atoms with Gasteiger partial charge >= 0.3 is 5.97 Å². The molecule has 1 aromatic heterocycles. The molecule has 1 aliphatic rings. The second-order valence-corrected chi connectivity index (χ2v) is 9.95. The number of piperidine rings is 1.